The van der Waals surface area contributed by atoms with Gasteiger partial charge in [-0.2, -0.15) is 0 Å². The molecule has 2 nitrogen and oxygen atoms in total. The number of halogens is 2. The van der Waals surface area contributed by atoms with Crippen molar-refractivity contribution in [1.82, 2.24) is 0 Å². The van der Waals surface area contributed by atoms with Crippen LogP contribution in [0.3, 0.4) is 0 Å². The molecule has 0 amide bonds. The maximum Gasteiger partial charge on any atom is 0.139 e. The molecule has 1 fully saturated rings. The molecule has 1 aliphatic rings. The average Bonchev–Trinajstić information content (AvgIpc) is 2.59. The van der Waals surface area contributed by atoms with Crippen LogP contribution in [-0.4, -0.2) is 13.1 Å². The lowest BCUT2D eigenvalue weighted by atomic mass is 9.98. The molecule has 1 unspecified atom stereocenters. The fourth-order valence-corrected chi connectivity index (χ4v) is 2.97. The quantitative estimate of drug-likeness (QED) is 0.829. The van der Waals surface area contributed by atoms with E-state index in [1.165, 1.54) is 31.7 Å². The van der Waals surface area contributed by atoms with E-state index in [9.17, 15) is 4.39 Å². The SMILES string of the molecule is CCC1CCCN(c2cc(Br)c(F)cc2N)CC1. The lowest BCUT2D eigenvalue weighted by molar-refractivity contribution is 0.459. The fraction of sp³-hybridized carbons (Fsp3) is 0.571. The van der Waals surface area contributed by atoms with Crippen molar-refractivity contribution < 1.29 is 4.39 Å². The molecule has 1 aromatic carbocycles. The summed E-state index contributed by atoms with van der Waals surface area (Å²) in [7, 11) is 0. The molecular formula is C14H20BrFN2. The number of nitrogen functional groups attached to an aromatic ring is 1. The molecular weight excluding hydrogens is 295 g/mol. The zero-order chi connectivity index (χ0) is 13.1. The van der Waals surface area contributed by atoms with E-state index in [0.29, 0.717) is 10.2 Å². The van der Waals surface area contributed by atoms with Gasteiger partial charge in [-0.1, -0.05) is 13.3 Å². The van der Waals surface area contributed by atoms with Crippen LogP contribution in [0.4, 0.5) is 15.8 Å². The first kappa shape index (κ1) is 13.7. The van der Waals surface area contributed by atoms with Gasteiger partial charge in [-0.15, -0.1) is 0 Å². The fourth-order valence-electron chi connectivity index (χ4n) is 2.64. The van der Waals surface area contributed by atoms with Crippen molar-refractivity contribution in [2.24, 2.45) is 5.92 Å². The maximum atomic E-state index is 13.4. The van der Waals surface area contributed by atoms with Gasteiger partial charge >= 0.3 is 0 Å². The highest BCUT2D eigenvalue weighted by Crippen LogP contribution is 2.32. The average molecular weight is 315 g/mol. The van der Waals surface area contributed by atoms with Crippen LogP contribution < -0.4 is 10.6 Å². The topological polar surface area (TPSA) is 29.3 Å². The third-order valence-corrected chi connectivity index (χ3v) is 4.44. The van der Waals surface area contributed by atoms with Crippen LogP contribution in [0.5, 0.6) is 0 Å². The number of nitrogens with two attached hydrogens (primary N) is 1. The lowest BCUT2D eigenvalue weighted by Crippen LogP contribution is -2.25. The van der Waals surface area contributed by atoms with Crippen molar-refractivity contribution in [2.45, 2.75) is 32.6 Å². The third-order valence-electron chi connectivity index (χ3n) is 3.84. The summed E-state index contributed by atoms with van der Waals surface area (Å²) in [5, 5.41) is 0. The van der Waals surface area contributed by atoms with Gasteiger partial charge in [0.25, 0.3) is 0 Å². The van der Waals surface area contributed by atoms with Gasteiger partial charge in [0.05, 0.1) is 15.8 Å². The summed E-state index contributed by atoms with van der Waals surface area (Å²) < 4.78 is 13.9. The lowest BCUT2D eigenvalue weighted by Gasteiger charge is -2.24. The number of hydrogen-bond acceptors (Lipinski definition) is 2. The molecule has 18 heavy (non-hydrogen) atoms. The van der Waals surface area contributed by atoms with Crippen molar-refractivity contribution in [3.05, 3.63) is 22.4 Å². The van der Waals surface area contributed by atoms with Gasteiger partial charge in [-0.05, 0) is 47.2 Å². The minimum atomic E-state index is -0.294. The number of nitrogens with zero attached hydrogens (tertiary/aromatic N) is 1. The third kappa shape index (κ3) is 2.97. The highest BCUT2D eigenvalue weighted by atomic mass is 79.9. The monoisotopic (exact) mass is 314 g/mol. The molecule has 1 saturated heterocycles. The summed E-state index contributed by atoms with van der Waals surface area (Å²) >= 11 is 3.23. The molecule has 2 N–H and O–H groups in total. The second-order valence-corrected chi connectivity index (χ2v) is 5.87. The van der Waals surface area contributed by atoms with E-state index in [2.05, 4.69) is 27.8 Å². The van der Waals surface area contributed by atoms with Crippen LogP contribution in [0.15, 0.2) is 16.6 Å². The minimum absolute atomic E-state index is 0.294. The highest BCUT2D eigenvalue weighted by molar-refractivity contribution is 9.10. The molecule has 0 saturated carbocycles. The van der Waals surface area contributed by atoms with Crippen LogP contribution >= 0.6 is 15.9 Å². The van der Waals surface area contributed by atoms with E-state index in [1.807, 2.05) is 0 Å². The molecule has 0 aromatic heterocycles. The van der Waals surface area contributed by atoms with Crippen LogP contribution in [0.2, 0.25) is 0 Å². The second-order valence-electron chi connectivity index (χ2n) is 5.02. The van der Waals surface area contributed by atoms with Crippen LogP contribution in [-0.2, 0) is 0 Å². The molecule has 0 spiro atoms. The summed E-state index contributed by atoms with van der Waals surface area (Å²) in [4.78, 5) is 2.29. The van der Waals surface area contributed by atoms with Gasteiger partial charge < -0.3 is 10.6 Å². The zero-order valence-corrected chi connectivity index (χ0v) is 12.3. The first-order valence-electron chi connectivity index (χ1n) is 6.61. The van der Waals surface area contributed by atoms with Gasteiger partial charge in [0, 0.05) is 19.2 Å². The van der Waals surface area contributed by atoms with Crippen molar-refractivity contribution in [1.29, 1.82) is 0 Å². The first-order chi connectivity index (χ1) is 8.61. The Kier molecular flexibility index (Phi) is 4.49. The Morgan fingerprint density at radius 2 is 2.17 bits per heavy atom. The van der Waals surface area contributed by atoms with Crippen LogP contribution in [0.1, 0.15) is 32.6 Å². The summed E-state index contributed by atoms with van der Waals surface area (Å²) in [6.07, 6.45) is 4.92. The van der Waals surface area contributed by atoms with Gasteiger partial charge in [0.2, 0.25) is 0 Å². The maximum absolute atomic E-state index is 13.4. The van der Waals surface area contributed by atoms with Crippen LogP contribution in [0.25, 0.3) is 0 Å². The summed E-state index contributed by atoms with van der Waals surface area (Å²) in [6.45, 7) is 4.28. The van der Waals surface area contributed by atoms with Gasteiger partial charge in [0.15, 0.2) is 0 Å². The Hall–Kier alpha value is -0.770. The number of anilines is 2. The Labute approximate surface area is 116 Å². The highest BCUT2D eigenvalue weighted by Gasteiger charge is 2.18. The molecule has 0 radical (unpaired) electrons. The molecule has 2 rings (SSSR count). The Morgan fingerprint density at radius 3 is 2.89 bits per heavy atom. The number of benzene rings is 1. The Balaban J connectivity index is 2.18. The zero-order valence-electron chi connectivity index (χ0n) is 10.8. The molecule has 4 heteroatoms. The van der Waals surface area contributed by atoms with E-state index < -0.39 is 0 Å². The standard InChI is InChI=1S/C14H20BrFN2/c1-2-10-4-3-6-18(7-5-10)14-8-11(15)12(16)9-13(14)17/h8-10H,2-7,17H2,1H3. The summed E-state index contributed by atoms with van der Waals surface area (Å²) in [5.74, 6) is 0.526. The largest absolute Gasteiger partial charge is 0.397 e. The molecule has 1 atom stereocenters. The number of hydrogen-bond donors (Lipinski definition) is 1. The van der Waals surface area contributed by atoms with Crippen molar-refractivity contribution in [2.75, 3.05) is 23.7 Å². The molecule has 0 bridgehead atoms. The van der Waals surface area contributed by atoms with Crippen molar-refractivity contribution in [3.63, 3.8) is 0 Å². The predicted molar refractivity (Wildman–Crippen MR) is 78.4 cm³/mol. The Morgan fingerprint density at radius 1 is 1.39 bits per heavy atom. The second kappa shape index (κ2) is 5.91. The van der Waals surface area contributed by atoms with E-state index in [-0.39, 0.29) is 5.82 Å². The molecule has 1 aromatic rings. The van der Waals surface area contributed by atoms with Crippen molar-refractivity contribution in [3.8, 4) is 0 Å². The van der Waals surface area contributed by atoms with E-state index in [1.54, 1.807) is 6.07 Å². The minimum Gasteiger partial charge on any atom is -0.397 e. The van der Waals surface area contributed by atoms with E-state index >= 15 is 0 Å². The van der Waals surface area contributed by atoms with Gasteiger partial charge in [-0.3, -0.25) is 0 Å². The van der Waals surface area contributed by atoms with Gasteiger partial charge in [0.1, 0.15) is 5.82 Å². The van der Waals surface area contributed by atoms with Crippen molar-refractivity contribution >= 4 is 27.3 Å². The molecule has 0 aliphatic carbocycles. The first-order valence-corrected chi connectivity index (χ1v) is 7.40. The normalized spacial score (nSPS) is 20.8. The Bertz CT molecular complexity index is 423. The van der Waals surface area contributed by atoms with Crippen LogP contribution in [0, 0.1) is 11.7 Å². The van der Waals surface area contributed by atoms with E-state index in [4.69, 9.17) is 5.73 Å². The molecule has 100 valence electrons. The predicted octanol–water partition coefficient (Wildman–Crippen LogP) is 4.19. The molecule has 1 aliphatic heterocycles. The smallest absolute Gasteiger partial charge is 0.139 e. The number of rotatable bonds is 2. The molecule has 1 heterocycles. The summed E-state index contributed by atoms with van der Waals surface area (Å²) in [5.41, 5.74) is 7.43. The summed E-state index contributed by atoms with van der Waals surface area (Å²) in [6, 6.07) is 3.21. The van der Waals surface area contributed by atoms with E-state index in [0.717, 1.165) is 24.7 Å². The van der Waals surface area contributed by atoms with Gasteiger partial charge in [-0.25, -0.2) is 4.39 Å².